The summed E-state index contributed by atoms with van der Waals surface area (Å²) in [6, 6.07) is 6.60. The van der Waals surface area contributed by atoms with E-state index in [1.165, 1.54) is 6.21 Å². The molecule has 4 heteroatoms. The van der Waals surface area contributed by atoms with Crippen molar-refractivity contribution in [3.05, 3.63) is 34.9 Å². The van der Waals surface area contributed by atoms with Gasteiger partial charge in [0, 0.05) is 16.8 Å². The minimum atomic E-state index is -0.241. The van der Waals surface area contributed by atoms with Crippen molar-refractivity contribution in [1.29, 1.82) is 0 Å². The maximum Gasteiger partial charge on any atom is 0.271 e. The highest BCUT2D eigenvalue weighted by Gasteiger charge is 2.02. The first kappa shape index (κ1) is 9.74. The van der Waals surface area contributed by atoms with Gasteiger partial charge in [-0.05, 0) is 31.2 Å². The number of carbonyl (C=O) groups excluding carboxylic acids is 1. The zero-order chi connectivity index (χ0) is 9.68. The molecule has 1 amide bonds. The Morgan fingerprint density at radius 2 is 2.08 bits per heavy atom. The van der Waals surface area contributed by atoms with Crippen LogP contribution in [0.4, 0.5) is 0 Å². The third-order valence-electron chi connectivity index (χ3n) is 1.40. The highest BCUT2D eigenvalue weighted by molar-refractivity contribution is 6.30. The van der Waals surface area contributed by atoms with Gasteiger partial charge in [0.1, 0.15) is 0 Å². The summed E-state index contributed by atoms with van der Waals surface area (Å²) in [4.78, 5) is 11.2. The van der Waals surface area contributed by atoms with E-state index in [0.717, 1.165) is 0 Å². The average molecular weight is 197 g/mol. The van der Waals surface area contributed by atoms with E-state index in [9.17, 15) is 4.79 Å². The van der Waals surface area contributed by atoms with E-state index in [1.807, 2.05) is 0 Å². The van der Waals surface area contributed by atoms with Gasteiger partial charge in [0.25, 0.3) is 5.91 Å². The number of halogens is 1. The van der Waals surface area contributed by atoms with Gasteiger partial charge in [-0.15, -0.1) is 0 Å². The zero-order valence-corrected chi connectivity index (χ0v) is 7.88. The number of amides is 1. The van der Waals surface area contributed by atoms with Gasteiger partial charge in [-0.25, -0.2) is 5.43 Å². The predicted octanol–water partition coefficient (Wildman–Crippen LogP) is 2.08. The summed E-state index contributed by atoms with van der Waals surface area (Å²) in [6.45, 7) is 1.72. The van der Waals surface area contributed by atoms with E-state index in [0.29, 0.717) is 10.6 Å². The van der Waals surface area contributed by atoms with Crippen LogP contribution < -0.4 is 5.43 Å². The molecule has 0 bridgehead atoms. The molecule has 1 rings (SSSR count). The van der Waals surface area contributed by atoms with Gasteiger partial charge in [-0.3, -0.25) is 4.79 Å². The van der Waals surface area contributed by atoms with Crippen LogP contribution >= 0.6 is 11.6 Å². The van der Waals surface area contributed by atoms with Crippen LogP contribution in [0.2, 0.25) is 5.02 Å². The fraction of sp³-hybridized carbons (Fsp3) is 0.111. The molecule has 1 aromatic carbocycles. The molecule has 0 aliphatic carbocycles. The Bertz CT molecular complexity index is 319. The van der Waals surface area contributed by atoms with Gasteiger partial charge in [0.15, 0.2) is 0 Å². The van der Waals surface area contributed by atoms with Crippen LogP contribution in [0.5, 0.6) is 0 Å². The first-order chi connectivity index (χ1) is 6.24. The smallest absolute Gasteiger partial charge is 0.267 e. The number of benzene rings is 1. The maximum absolute atomic E-state index is 11.2. The molecule has 0 unspecified atom stereocenters. The second-order valence-corrected chi connectivity index (χ2v) is 2.77. The Morgan fingerprint density at radius 1 is 1.46 bits per heavy atom. The molecule has 0 saturated carbocycles. The number of nitrogens with one attached hydrogen (secondary N) is 1. The van der Waals surface area contributed by atoms with E-state index in [-0.39, 0.29) is 5.91 Å². The molecule has 3 nitrogen and oxygen atoms in total. The van der Waals surface area contributed by atoms with E-state index < -0.39 is 0 Å². The standard InChI is InChI=1S/C9H9ClN2O/c1-2-11-12-9(13)7-3-5-8(10)6-4-7/h2-6H,1H3,(H,12,13). The molecule has 0 heterocycles. The molecule has 0 aromatic heterocycles. The summed E-state index contributed by atoms with van der Waals surface area (Å²) in [7, 11) is 0. The largest absolute Gasteiger partial charge is 0.271 e. The van der Waals surface area contributed by atoms with Gasteiger partial charge in [0.2, 0.25) is 0 Å². The van der Waals surface area contributed by atoms with Crippen LogP contribution in [0.25, 0.3) is 0 Å². The van der Waals surface area contributed by atoms with Crippen LogP contribution in [-0.2, 0) is 0 Å². The molecule has 0 aliphatic rings. The van der Waals surface area contributed by atoms with Crippen molar-refractivity contribution in [2.45, 2.75) is 6.92 Å². The molecule has 0 spiro atoms. The van der Waals surface area contributed by atoms with Gasteiger partial charge in [0.05, 0.1) is 0 Å². The van der Waals surface area contributed by atoms with Crippen LogP contribution in [0.15, 0.2) is 29.4 Å². The number of rotatable bonds is 2. The molecule has 0 fully saturated rings. The Hall–Kier alpha value is -1.35. The molecule has 68 valence electrons. The minimum absolute atomic E-state index is 0.241. The Morgan fingerprint density at radius 3 is 2.62 bits per heavy atom. The van der Waals surface area contributed by atoms with E-state index in [4.69, 9.17) is 11.6 Å². The summed E-state index contributed by atoms with van der Waals surface area (Å²) in [5.41, 5.74) is 2.89. The summed E-state index contributed by atoms with van der Waals surface area (Å²) in [5, 5.41) is 4.22. The zero-order valence-electron chi connectivity index (χ0n) is 7.12. The number of hydrazone groups is 1. The number of nitrogens with zero attached hydrogens (tertiary/aromatic N) is 1. The summed E-state index contributed by atoms with van der Waals surface area (Å²) in [6.07, 6.45) is 1.51. The third kappa shape index (κ3) is 2.87. The van der Waals surface area contributed by atoms with Gasteiger partial charge in [-0.1, -0.05) is 11.6 Å². The molecular formula is C9H9ClN2O. The van der Waals surface area contributed by atoms with Crippen LogP contribution in [0.3, 0.4) is 0 Å². The fourth-order valence-electron chi connectivity index (χ4n) is 0.789. The lowest BCUT2D eigenvalue weighted by Gasteiger charge is -1.98. The summed E-state index contributed by atoms with van der Waals surface area (Å²) < 4.78 is 0. The van der Waals surface area contributed by atoms with Crippen LogP contribution in [-0.4, -0.2) is 12.1 Å². The third-order valence-corrected chi connectivity index (χ3v) is 1.65. The van der Waals surface area contributed by atoms with Gasteiger partial charge < -0.3 is 0 Å². The van der Waals surface area contributed by atoms with E-state index in [1.54, 1.807) is 31.2 Å². The molecule has 1 N–H and O–H groups in total. The van der Waals surface area contributed by atoms with E-state index >= 15 is 0 Å². The molecule has 0 saturated heterocycles. The predicted molar refractivity (Wildman–Crippen MR) is 53.1 cm³/mol. The van der Waals surface area contributed by atoms with Crippen molar-refractivity contribution in [2.75, 3.05) is 0 Å². The van der Waals surface area contributed by atoms with Crippen molar-refractivity contribution in [3.8, 4) is 0 Å². The van der Waals surface area contributed by atoms with E-state index in [2.05, 4.69) is 10.5 Å². The highest BCUT2D eigenvalue weighted by atomic mass is 35.5. The molecule has 0 aliphatic heterocycles. The van der Waals surface area contributed by atoms with Crippen molar-refractivity contribution >= 4 is 23.7 Å². The SMILES string of the molecule is CC=NNC(=O)c1ccc(Cl)cc1. The summed E-state index contributed by atoms with van der Waals surface area (Å²) >= 11 is 5.66. The molecule has 0 radical (unpaired) electrons. The first-order valence-corrected chi connectivity index (χ1v) is 4.15. The Kier molecular flexibility index (Phi) is 3.46. The monoisotopic (exact) mass is 196 g/mol. The molecule has 0 atom stereocenters. The summed E-state index contributed by atoms with van der Waals surface area (Å²) in [5.74, 6) is -0.241. The Balaban J connectivity index is 2.72. The highest BCUT2D eigenvalue weighted by Crippen LogP contribution is 2.08. The van der Waals surface area contributed by atoms with Crippen LogP contribution in [0, 0.1) is 0 Å². The molecular weight excluding hydrogens is 188 g/mol. The molecule has 13 heavy (non-hydrogen) atoms. The maximum atomic E-state index is 11.2. The van der Waals surface area contributed by atoms with Crippen molar-refractivity contribution in [1.82, 2.24) is 5.43 Å². The molecule has 1 aromatic rings. The normalized spacial score (nSPS) is 10.3. The number of carbonyl (C=O) groups is 1. The average Bonchev–Trinajstić information content (AvgIpc) is 2.15. The van der Waals surface area contributed by atoms with Gasteiger partial charge >= 0.3 is 0 Å². The Labute approximate surface area is 81.4 Å². The lowest BCUT2D eigenvalue weighted by Crippen LogP contribution is -2.16. The minimum Gasteiger partial charge on any atom is -0.267 e. The van der Waals surface area contributed by atoms with Crippen molar-refractivity contribution in [2.24, 2.45) is 5.10 Å². The van der Waals surface area contributed by atoms with Gasteiger partial charge in [-0.2, -0.15) is 5.10 Å². The second kappa shape index (κ2) is 4.62. The lowest BCUT2D eigenvalue weighted by molar-refractivity contribution is 0.0955. The first-order valence-electron chi connectivity index (χ1n) is 3.77. The number of hydrogen-bond acceptors (Lipinski definition) is 2. The second-order valence-electron chi connectivity index (χ2n) is 2.34. The lowest BCUT2D eigenvalue weighted by atomic mass is 10.2. The quantitative estimate of drug-likeness (QED) is 0.571. The van der Waals surface area contributed by atoms with Crippen molar-refractivity contribution < 1.29 is 4.79 Å². The number of hydrogen-bond donors (Lipinski definition) is 1. The van der Waals surface area contributed by atoms with Crippen molar-refractivity contribution in [3.63, 3.8) is 0 Å². The van der Waals surface area contributed by atoms with Crippen LogP contribution in [0.1, 0.15) is 17.3 Å². The topological polar surface area (TPSA) is 41.5 Å². The fourth-order valence-corrected chi connectivity index (χ4v) is 0.915.